The summed E-state index contributed by atoms with van der Waals surface area (Å²) in [7, 11) is 1.56. The number of hydrogen-bond donors (Lipinski definition) is 1. The molecule has 2 N–H and O–H groups in total. The van der Waals surface area contributed by atoms with Crippen LogP contribution in [-0.4, -0.2) is 54.1 Å². The highest BCUT2D eigenvalue weighted by Gasteiger charge is 2.25. The van der Waals surface area contributed by atoms with E-state index in [1.54, 1.807) is 30.2 Å². The summed E-state index contributed by atoms with van der Waals surface area (Å²) in [5, 5.41) is 0.310. The Morgan fingerprint density at radius 2 is 1.92 bits per heavy atom. The second kappa shape index (κ2) is 6.92. The smallest absolute Gasteiger partial charge is 0.257 e. The van der Waals surface area contributed by atoms with Crippen LogP contribution in [0.2, 0.25) is 5.15 Å². The third-order valence-electron chi connectivity index (χ3n) is 3.93. The lowest BCUT2D eigenvalue weighted by Gasteiger charge is -2.35. The standard InChI is InChI=1S/C16H18ClN5O2/c1-24-12-5-3-2-4-11(12)15(23)22-8-6-21(7-9-22)14-10-13(17)19-16(18)20-14/h2-5,10H,6-9H2,1H3,(H2,18,19,20). The van der Waals surface area contributed by atoms with Crippen molar-refractivity contribution >= 4 is 29.3 Å². The first kappa shape index (κ1) is 16.3. The van der Waals surface area contributed by atoms with Crippen LogP contribution in [0.15, 0.2) is 30.3 Å². The summed E-state index contributed by atoms with van der Waals surface area (Å²) in [6.07, 6.45) is 0. The predicted octanol–water partition coefficient (Wildman–Crippen LogP) is 1.68. The number of carbonyl (C=O) groups excluding carboxylic acids is 1. The summed E-state index contributed by atoms with van der Waals surface area (Å²) in [5.74, 6) is 1.37. The van der Waals surface area contributed by atoms with Gasteiger partial charge in [0.05, 0.1) is 12.7 Å². The number of amides is 1. The Kier molecular flexibility index (Phi) is 4.71. The number of nitrogen functional groups attached to an aromatic ring is 1. The van der Waals surface area contributed by atoms with E-state index in [4.69, 9.17) is 22.1 Å². The summed E-state index contributed by atoms with van der Waals surface area (Å²) in [5.41, 5.74) is 6.21. The van der Waals surface area contributed by atoms with Gasteiger partial charge in [0, 0.05) is 32.2 Å². The van der Waals surface area contributed by atoms with Gasteiger partial charge in [0.2, 0.25) is 5.95 Å². The fraction of sp³-hybridized carbons (Fsp3) is 0.312. The van der Waals surface area contributed by atoms with Crippen molar-refractivity contribution in [1.29, 1.82) is 0 Å². The molecule has 1 aliphatic heterocycles. The molecule has 0 atom stereocenters. The van der Waals surface area contributed by atoms with Gasteiger partial charge in [0.25, 0.3) is 5.91 Å². The maximum absolute atomic E-state index is 12.7. The molecule has 0 unspecified atom stereocenters. The first-order valence-electron chi connectivity index (χ1n) is 7.56. The fourth-order valence-corrected chi connectivity index (χ4v) is 2.90. The average Bonchev–Trinajstić information content (AvgIpc) is 2.60. The quantitative estimate of drug-likeness (QED) is 0.850. The number of ether oxygens (including phenoxy) is 1. The molecule has 24 heavy (non-hydrogen) atoms. The molecule has 0 aliphatic carbocycles. The molecule has 126 valence electrons. The SMILES string of the molecule is COc1ccccc1C(=O)N1CCN(c2cc(Cl)nc(N)n2)CC1. The Balaban J connectivity index is 1.69. The number of methoxy groups -OCH3 is 1. The molecule has 3 rings (SSSR count). The van der Waals surface area contributed by atoms with Crippen LogP contribution < -0.4 is 15.4 Å². The second-order valence-electron chi connectivity index (χ2n) is 5.39. The van der Waals surface area contributed by atoms with Crippen molar-refractivity contribution in [3.63, 3.8) is 0 Å². The molecule has 0 radical (unpaired) electrons. The topological polar surface area (TPSA) is 84.6 Å². The van der Waals surface area contributed by atoms with Gasteiger partial charge in [0.15, 0.2) is 0 Å². The molecule has 2 aromatic rings. The third kappa shape index (κ3) is 3.35. The van der Waals surface area contributed by atoms with Crippen molar-refractivity contribution < 1.29 is 9.53 Å². The van der Waals surface area contributed by atoms with Crippen LogP contribution in [0, 0.1) is 0 Å². The molecule has 0 spiro atoms. The van der Waals surface area contributed by atoms with E-state index in [0.29, 0.717) is 48.5 Å². The molecule has 7 nitrogen and oxygen atoms in total. The van der Waals surface area contributed by atoms with Crippen LogP contribution in [0.4, 0.5) is 11.8 Å². The van der Waals surface area contributed by atoms with Gasteiger partial charge in [-0.2, -0.15) is 4.98 Å². The normalized spacial score (nSPS) is 14.6. The largest absolute Gasteiger partial charge is 0.496 e. The minimum Gasteiger partial charge on any atom is -0.496 e. The Bertz CT molecular complexity index is 727. The van der Waals surface area contributed by atoms with Crippen molar-refractivity contribution in [2.24, 2.45) is 0 Å². The zero-order valence-electron chi connectivity index (χ0n) is 13.3. The van der Waals surface area contributed by atoms with Crippen molar-refractivity contribution in [1.82, 2.24) is 14.9 Å². The number of carbonyl (C=O) groups is 1. The van der Waals surface area contributed by atoms with E-state index in [1.807, 2.05) is 17.0 Å². The van der Waals surface area contributed by atoms with Gasteiger partial charge < -0.3 is 20.3 Å². The number of aromatic nitrogens is 2. The van der Waals surface area contributed by atoms with Crippen LogP contribution in [0.3, 0.4) is 0 Å². The van der Waals surface area contributed by atoms with E-state index in [1.165, 1.54) is 0 Å². The summed E-state index contributed by atoms with van der Waals surface area (Å²) in [6.45, 7) is 2.46. The number of anilines is 2. The molecule has 8 heteroatoms. The molecule has 0 bridgehead atoms. The summed E-state index contributed by atoms with van der Waals surface area (Å²) < 4.78 is 5.27. The van der Waals surface area contributed by atoms with E-state index >= 15 is 0 Å². The van der Waals surface area contributed by atoms with E-state index in [2.05, 4.69) is 9.97 Å². The molecular weight excluding hydrogens is 330 g/mol. The van der Waals surface area contributed by atoms with Gasteiger partial charge in [-0.1, -0.05) is 23.7 Å². The lowest BCUT2D eigenvalue weighted by molar-refractivity contribution is 0.0743. The Morgan fingerprint density at radius 1 is 1.21 bits per heavy atom. The van der Waals surface area contributed by atoms with Gasteiger partial charge >= 0.3 is 0 Å². The molecule has 1 amide bonds. The number of halogens is 1. The minimum absolute atomic E-state index is 0.0349. The molecule has 1 fully saturated rings. The second-order valence-corrected chi connectivity index (χ2v) is 5.77. The molecule has 1 saturated heterocycles. The third-order valence-corrected chi connectivity index (χ3v) is 4.12. The highest BCUT2D eigenvalue weighted by atomic mass is 35.5. The number of rotatable bonds is 3. The zero-order chi connectivity index (χ0) is 17.1. The lowest BCUT2D eigenvalue weighted by atomic mass is 10.1. The van der Waals surface area contributed by atoms with Crippen LogP contribution in [0.25, 0.3) is 0 Å². The van der Waals surface area contributed by atoms with E-state index in [0.717, 1.165) is 0 Å². The van der Waals surface area contributed by atoms with Gasteiger partial charge in [-0.3, -0.25) is 4.79 Å². The Morgan fingerprint density at radius 3 is 2.58 bits per heavy atom. The fourth-order valence-electron chi connectivity index (χ4n) is 2.72. The number of nitrogens with zero attached hydrogens (tertiary/aromatic N) is 4. The van der Waals surface area contributed by atoms with E-state index < -0.39 is 0 Å². The summed E-state index contributed by atoms with van der Waals surface area (Å²) in [4.78, 5) is 24.6. The molecular formula is C16H18ClN5O2. The van der Waals surface area contributed by atoms with E-state index in [9.17, 15) is 4.79 Å². The van der Waals surface area contributed by atoms with Crippen molar-refractivity contribution in [2.75, 3.05) is 43.9 Å². The molecule has 1 aromatic carbocycles. The first-order chi connectivity index (χ1) is 11.6. The molecule has 1 aliphatic rings. The maximum atomic E-state index is 12.7. The number of piperazine rings is 1. The van der Waals surface area contributed by atoms with Crippen molar-refractivity contribution in [3.8, 4) is 5.75 Å². The summed E-state index contributed by atoms with van der Waals surface area (Å²) >= 11 is 5.93. The highest BCUT2D eigenvalue weighted by Crippen LogP contribution is 2.22. The van der Waals surface area contributed by atoms with E-state index in [-0.39, 0.29) is 11.9 Å². The van der Waals surface area contributed by atoms with Crippen LogP contribution >= 0.6 is 11.6 Å². The summed E-state index contributed by atoms with van der Waals surface area (Å²) in [6, 6.07) is 8.91. The van der Waals surface area contributed by atoms with Crippen LogP contribution in [-0.2, 0) is 0 Å². The Labute approximate surface area is 145 Å². The highest BCUT2D eigenvalue weighted by molar-refractivity contribution is 6.29. The number of hydrogen-bond acceptors (Lipinski definition) is 6. The average molecular weight is 348 g/mol. The molecule has 1 aromatic heterocycles. The van der Waals surface area contributed by atoms with Gasteiger partial charge in [-0.15, -0.1) is 0 Å². The number of nitrogens with two attached hydrogens (primary N) is 1. The van der Waals surface area contributed by atoms with Gasteiger partial charge in [-0.25, -0.2) is 4.98 Å². The molecule has 2 heterocycles. The Hall–Kier alpha value is -2.54. The first-order valence-corrected chi connectivity index (χ1v) is 7.93. The minimum atomic E-state index is -0.0349. The van der Waals surface area contributed by atoms with Crippen LogP contribution in [0.1, 0.15) is 10.4 Å². The lowest BCUT2D eigenvalue weighted by Crippen LogP contribution is -2.49. The monoisotopic (exact) mass is 347 g/mol. The van der Waals surface area contributed by atoms with Crippen molar-refractivity contribution in [3.05, 3.63) is 41.0 Å². The van der Waals surface area contributed by atoms with Gasteiger partial charge in [-0.05, 0) is 12.1 Å². The predicted molar refractivity (Wildman–Crippen MR) is 92.6 cm³/mol. The van der Waals surface area contributed by atoms with Crippen molar-refractivity contribution in [2.45, 2.75) is 0 Å². The van der Waals surface area contributed by atoms with Gasteiger partial charge in [0.1, 0.15) is 16.7 Å². The molecule has 0 saturated carbocycles. The number of benzene rings is 1. The van der Waals surface area contributed by atoms with Crippen LogP contribution in [0.5, 0.6) is 5.75 Å². The number of para-hydroxylation sites is 1. The zero-order valence-corrected chi connectivity index (χ0v) is 14.0. The maximum Gasteiger partial charge on any atom is 0.257 e.